The summed E-state index contributed by atoms with van der Waals surface area (Å²) in [6.07, 6.45) is 0.814. The second kappa shape index (κ2) is 13.4. The topological polar surface area (TPSA) is 138 Å². The number of nitrogens with one attached hydrogen (secondary N) is 2. The molecule has 3 aromatic rings. The van der Waals surface area contributed by atoms with Crippen molar-refractivity contribution >= 4 is 12.0 Å². The van der Waals surface area contributed by atoms with Gasteiger partial charge >= 0.3 is 6.09 Å². The number of amides is 2. The number of benzene rings is 2. The van der Waals surface area contributed by atoms with E-state index in [0.29, 0.717) is 12.8 Å². The number of aliphatic hydroxyl groups is 1. The van der Waals surface area contributed by atoms with Gasteiger partial charge in [-0.25, -0.2) is 4.79 Å². The number of pyridine rings is 1. The molecule has 8 nitrogen and oxygen atoms in total. The molecule has 0 fully saturated rings. The number of carbonyl (C=O) groups is 2. The van der Waals surface area contributed by atoms with Crippen molar-refractivity contribution in [3.63, 3.8) is 0 Å². The van der Waals surface area contributed by atoms with E-state index in [1.165, 1.54) is 0 Å². The van der Waals surface area contributed by atoms with E-state index in [-0.39, 0.29) is 6.42 Å². The molecule has 0 spiro atoms. The van der Waals surface area contributed by atoms with Gasteiger partial charge in [-0.05, 0) is 54.4 Å². The van der Waals surface area contributed by atoms with Crippen molar-refractivity contribution in [3.05, 3.63) is 89.6 Å². The molecule has 2 aromatic carbocycles. The van der Waals surface area contributed by atoms with Crippen molar-refractivity contribution in [2.24, 2.45) is 11.1 Å². The van der Waals surface area contributed by atoms with Crippen molar-refractivity contribution in [1.29, 1.82) is 0 Å². The molecule has 0 unspecified atom stereocenters. The lowest BCUT2D eigenvalue weighted by Gasteiger charge is -2.32. The maximum absolute atomic E-state index is 13.3. The average Bonchev–Trinajstić information content (AvgIpc) is 2.88. The summed E-state index contributed by atoms with van der Waals surface area (Å²) in [6, 6.07) is 19.6. The van der Waals surface area contributed by atoms with Crippen LogP contribution in [0.4, 0.5) is 4.79 Å². The fourth-order valence-corrected chi connectivity index (χ4v) is 4.50. The van der Waals surface area contributed by atoms with Crippen LogP contribution in [0.5, 0.6) is 0 Å². The van der Waals surface area contributed by atoms with Gasteiger partial charge in [0.25, 0.3) is 0 Å². The van der Waals surface area contributed by atoms with E-state index in [9.17, 15) is 19.8 Å². The number of aliphatic hydroxyl groups excluding tert-OH is 1. The molecule has 0 aliphatic rings. The predicted octanol–water partition coefficient (Wildman–Crippen LogP) is 4.09. The Morgan fingerprint density at radius 3 is 2.13 bits per heavy atom. The van der Waals surface area contributed by atoms with E-state index in [4.69, 9.17) is 5.73 Å². The SMILES string of the molecule is Cc1ccc(-c2ccc(C[C@@H](C[C@H](O)[C@@H](N)Cc3ccccc3)NC(=O)[C@@H](NC(=O)O)C(C)(C)C)cc2)nc1. The molecule has 1 aromatic heterocycles. The Kier molecular flexibility index (Phi) is 10.2. The van der Waals surface area contributed by atoms with Gasteiger partial charge in [0.2, 0.25) is 5.91 Å². The van der Waals surface area contributed by atoms with E-state index in [1.807, 2.05) is 79.9 Å². The van der Waals surface area contributed by atoms with Gasteiger partial charge in [-0.2, -0.15) is 0 Å². The van der Waals surface area contributed by atoms with Crippen LogP contribution in [0.2, 0.25) is 0 Å². The quantitative estimate of drug-likeness (QED) is 0.252. The van der Waals surface area contributed by atoms with E-state index < -0.39 is 41.6 Å². The summed E-state index contributed by atoms with van der Waals surface area (Å²) in [4.78, 5) is 29.1. The molecule has 2 amide bonds. The summed E-state index contributed by atoms with van der Waals surface area (Å²) in [5.41, 5.74) is 10.6. The van der Waals surface area contributed by atoms with Crippen molar-refractivity contribution < 1.29 is 19.8 Å². The monoisotopic (exact) mass is 532 g/mol. The Morgan fingerprint density at radius 1 is 0.923 bits per heavy atom. The maximum Gasteiger partial charge on any atom is 0.405 e. The van der Waals surface area contributed by atoms with Gasteiger partial charge in [-0.3, -0.25) is 9.78 Å². The Hall–Kier alpha value is -3.75. The van der Waals surface area contributed by atoms with Crippen LogP contribution in [0.1, 0.15) is 43.9 Å². The average molecular weight is 533 g/mol. The summed E-state index contributed by atoms with van der Waals surface area (Å²) in [5, 5.41) is 25.6. The number of carbonyl (C=O) groups excluding carboxylic acids is 1. The number of carboxylic acid groups (broad SMARTS) is 1. The Labute approximate surface area is 230 Å². The summed E-state index contributed by atoms with van der Waals surface area (Å²) in [5.74, 6) is -0.445. The first-order valence-electron chi connectivity index (χ1n) is 13.2. The van der Waals surface area contributed by atoms with E-state index in [0.717, 1.165) is 27.9 Å². The molecule has 6 N–H and O–H groups in total. The number of aryl methyl sites for hydroxylation is 1. The second-order valence-corrected chi connectivity index (χ2v) is 11.2. The van der Waals surface area contributed by atoms with Crippen LogP contribution in [0, 0.1) is 12.3 Å². The molecular formula is C31H40N4O4. The van der Waals surface area contributed by atoms with Crippen LogP contribution in [-0.4, -0.2) is 51.4 Å². The van der Waals surface area contributed by atoms with E-state index >= 15 is 0 Å². The molecule has 1 heterocycles. The van der Waals surface area contributed by atoms with Crippen LogP contribution >= 0.6 is 0 Å². The normalized spacial score (nSPS) is 14.6. The number of rotatable bonds is 11. The third kappa shape index (κ3) is 9.19. The summed E-state index contributed by atoms with van der Waals surface area (Å²) < 4.78 is 0. The van der Waals surface area contributed by atoms with Gasteiger partial charge in [0, 0.05) is 23.8 Å². The van der Waals surface area contributed by atoms with Crippen LogP contribution in [0.25, 0.3) is 11.3 Å². The molecule has 0 saturated heterocycles. The highest BCUT2D eigenvalue weighted by Gasteiger charge is 2.34. The largest absolute Gasteiger partial charge is 0.465 e. The van der Waals surface area contributed by atoms with Crippen LogP contribution in [0.3, 0.4) is 0 Å². The predicted molar refractivity (Wildman–Crippen MR) is 153 cm³/mol. The van der Waals surface area contributed by atoms with Crippen LogP contribution < -0.4 is 16.4 Å². The molecule has 3 rings (SSSR count). The van der Waals surface area contributed by atoms with Gasteiger partial charge in [0.1, 0.15) is 6.04 Å². The van der Waals surface area contributed by atoms with Crippen molar-refractivity contribution in [2.75, 3.05) is 0 Å². The molecule has 4 atom stereocenters. The summed E-state index contributed by atoms with van der Waals surface area (Å²) in [6.45, 7) is 7.38. The number of aromatic nitrogens is 1. The minimum Gasteiger partial charge on any atom is -0.465 e. The Balaban J connectivity index is 1.78. The molecule has 0 bridgehead atoms. The van der Waals surface area contributed by atoms with E-state index in [1.54, 1.807) is 20.8 Å². The Morgan fingerprint density at radius 2 is 1.56 bits per heavy atom. The smallest absolute Gasteiger partial charge is 0.405 e. The highest BCUT2D eigenvalue weighted by molar-refractivity contribution is 5.86. The van der Waals surface area contributed by atoms with Crippen molar-refractivity contribution in [2.45, 2.75) is 71.2 Å². The molecular weight excluding hydrogens is 492 g/mol. The van der Waals surface area contributed by atoms with E-state index in [2.05, 4.69) is 15.6 Å². The van der Waals surface area contributed by atoms with Crippen LogP contribution in [0.15, 0.2) is 72.9 Å². The first-order chi connectivity index (χ1) is 18.4. The number of hydrogen-bond donors (Lipinski definition) is 5. The van der Waals surface area contributed by atoms with Gasteiger partial charge in [0.15, 0.2) is 0 Å². The first-order valence-corrected chi connectivity index (χ1v) is 13.2. The highest BCUT2D eigenvalue weighted by Crippen LogP contribution is 2.22. The summed E-state index contributed by atoms with van der Waals surface area (Å²) >= 11 is 0. The fraction of sp³-hybridized carbons (Fsp3) is 0.387. The number of nitrogens with zero attached hydrogens (tertiary/aromatic N) is 1. The van der Waals surface area contributed by atoms with Gasteiger partial charge in [-0.15, -0.1) is 0 Å². The number of hydrogen-bond acceptors (Lipinski definition) is 5. The number of nitrogens with two attached hydrogens (primary N) is 1. The molecule has 0 aliphatic heterocycles. The fourth-order valence-electron chi connectivity index (χ4n) is 4.50. The molecule has 0 saturated carbocycles. The second-order valence-electron chi connectivity index (χ2n) is 11.2. The Bertz CT molecular complexity index is 1210. The highest BCUT2D eigenvalue weighted by atomic mass is 16.4. The first kappa shape index (κ1) is 29.8. The molecule has 39 heavy (non-hydrogen) atoms. The van der Waals surface area contributed by atoms with Gasteiger partial charge in [0.05, 0.1) is 11.8 Å². The van der Waals surface area contributed by atoms with Gasteiger partial charge in [-0.1, -0.05) is 81.4 Å². The lowest BCUT2D eigenvalue weighted by atomic mass is 9.85. The van der Waals surface area contributed by atoms with Crippen LogP contribution in [-0.2, 0) is 17.6 Å². The minimum absolute atomic E-state index is 0.213. The lowest BCUT2D eigenvalue weighted by Crippen LogP contribution is -2.56. The molecule has 208 valence electrons. The summed E-state index contributed by atoms with van der Waals surface area (Å²) in [7, 11) is 0. The third-order valence-electron chi connectivity index (χ3n) is 6.72. The van der Waals surface area contributed by atoms with Gasteiger partial charge < -0.3 is 26.6 Å². The molecule has 0 radical (unpaired) electrons. The maximum atomic E-state index is 13.3. The third-order valence-corrected chi connectivity index (χ3v) is 6.72. The van der Waals surface area contributed by atoms with Crippen molar-refractivity contribution in [3.8, 4) is 11.3 Å². The standard InChI is InChI=1S/C31H40N4O4/c1-20-10-15-26(33-19-20)23-13-11-22(12-14-23)16-24(34-29(37)28(31(2,3)4)35-30(38)39)18-27(36)25(32)17-21-8-6-5-7-9-21/h5-15,19,24-25,27-28,35-36H,16-18,32H2,1-4H3,(H,34,37)(H,38,39)/t24-,25-,27-,28+/m0/s1. The zero-order valence-corrected chi connectivity index (χ0v) is 23.1. The lowest BCUT2D eigenvalue weighted by molar-refractivity contribution is -0.126. The molecule has 8 heteroatoms. The molecule has 0 aliphatic carbocycles. The zero-order chi connectivity index (χ0) is 28.6. The zero-order valence-electron chi connectivity index (χ0n) is 23.1. The van der Waals surface area contributed by atoms with Crippen molar-refractivity contribution in [1.82, 2.24) is 15.6 Å². The minimum atomic E-state index is -1.27.